The maximum atomic E-state index is 4.59. The molecular formula is C44H41N4S2+. The molecule has 0 spiro atoms. The minimum Gasteiger partial charge on any atom is -0.344 e. The molecule has 4 aromatic carbocycles. The summed E-state index contributed by atoms with van der Waals surface area (Å²) in [5.41, 5.74) is 9.65. The molecule has 0 aliphatic rings. The molecule has 0 saturated carbocycles. The zero-order chi connectivity index (χ0) is 34.3. The second kappa shape index (κ2) is 15.7. The number of aliphatic imine (C=N–C) groups is 1. The fourth-order valence-electron chi connectivity index (χ4n) is 6.45. The molecule has 0 atom stereocenters. The quantitative estimate of drug-likeness (QED) is 0.0396. The van der Waals surface area contributed by atoms with E-state index in [0.29, 0.717) is 0 Å². The third kappa shape index (κ3) is 7.42. The number of benzene rings is 4. The smallest absolute Gasteiger partial charge is 0.169 e. The van der Waals surface area contributed by atoms with Crippen molar-refractivity contribution in [2.45, 2.75) is 6.54 Å². The molecule has 248 valence electrons. The van der Waals surface area contributed by atoms with Crippen LogP contribution in [-0.4, -0.2) is 33.4 Å². The second-order valence-corrected chi connectivity index (χ2v) is 15.0. The molecule has 50 heavy (non-hydrogen) atoms. The fourth-order valence-corrected chi connectivity index (χ4v) is 8.30. The normalized spacial score (nSPS) is 12.6. The Labute approximate surface area is 302 Å². The molecule has 0 unspecified atom stereocenters. The first-order valence-corrected chi connectivity index (χ1v) is 19.4. The van der Waals surface area contributed by atoms with Crippen molar-refractivity contribution in [3.63, 3.8) is 0 Å². The predicted molar refractivity (Wildman–Crippen MR) is 222 cm³/mol. The molecule has 0 aliphatic carbocycles. The van der Waals surface area contributed by atoms with E-state index in [9.17, 15) is 0 Å². The summed E-state index contributed by atoms with van der Waals surface area (Å²) in [5, 5.41) is 5.16. The van der Waals surface area contributed by atoms with Crippen LogP contribution in [-0.2, 0) is 20.6 Å². The Morgan fingerprint density at radius 1 is 0.660 bits per heavy atom. The first-order chi connectivity index (χ1) is 24.6. The number of pyridine rings is 1. The van der Waals surface area contributed by atoms with Crippen molar-refractivity contribution in [1.82, 2.24) is 9.13 Å². The number of nitrogens with zero attached hydrogens (tertiary/aromatic N) is 4. The van der Waals surface area contributed by atoms with Gasteiger partial charge in [-0.25, -0.2) is 4.57 Å². The molecule has 7 rings (SSSR count). The summed E-state index contributed by atoms with van der Waals surface area (Å²) in [6.07, 6.45) is 18.8. The van der Waals surface area contributed by atoms with Crippen molar-refractivity contribution < 1.29 is 4.57 Å². The number of aryl methyl sites for hydroxylation is 3. The number of rotatable bonds is 13. The Morgan fingerprint density at radius 3 is 1.86 bits per heavy atom. The van der Waals surface area contributed by atoms with E-state index >= 15 is 0 Å². The van der Waals surface area contributed by atoms with Gasteiger partial charge in [0.15, 0.2) is 18.9 Å². The molecule has 0 saturated heterocycles. The van der Waals surface area contributed by atoms with Crippen LogP contribution in [0, 0.1) is 0 Å². The molecule has 4 nitrogen and oxygen atoms in total. The summed E-state index contributed by atoms with van der Waals surface area (Å²) < 4.78 is 6.78. The molecule has 0 fully saturated rings. The van der Waals surface area contributed by atoms with Gasteiger partial charge in [-0.1, -0.05) is 107 Å². The van der Waals surface area contributed by atoms with E-state index in [-0.39, 0.29) is 0 Å². The molecule has 3 heterocycles. The van der Waals surface area contributed by atoms with Crippen LogP contribution in [0.15, 0.2) is 145 Å². The highest BCUT2D eigenvalue weighted by molar-refractivity contribution is 8.76. The van der Waals surface area contributed by atoms with Crippen LogP contribution in [0.25, 0.3) is 61.8 Å². The summed E-state index contributed by atoms with van der Waals surface area (Å²) in [4.78, 5) is 4.59. The Kier molecular flexibility index (Phi) is 10.5. The summed E-state index contributed by atoms with van der Waals surface area (Å²) >= 11 is 0. The fraction of sp³-hybridized carbons (Fsp3) is 0.136. The highest BCUT2D eigenvalue weighted by Gasteiger charge is 2.09. The van der Waals surface area contributed by atoms with Crippen molar-refractivity contribution in [2.75, 3.05) is 18.1 Å². The standard InChI is InChI=1S/C44H41N4S2/c1-4-33(13-15-35-17-19-43-39(31-35)37-9-5-7-11-41(37)46(43)2)21-24-45-25-29-49-50-30-28-48-26-22-34(23-27-48)14-16-36-18-20-44-40(32-36)38-10-6-8-12-42(38)47(44)3/h4-24,26-27,31-32H,1,25,28-30H2,2-3H3/q+1/b15-13+,33-21+,45-24?. The molecule has 0 radical (unpaired) electrons. The Balaban J connectivity index is 0.834. The maximum absolute atomic E-state index is 4.59. The van der Waals surface area contributed by atoms with Crippen LogP contribution in [0.1, 0.15) is 16.7 Å². The minimum atomic E-state index is 0.793. The van der Waals surface area contributed by atoms with E-state index in [1.165, 1.54) is 60.3 Å². The highest BCUT2D eigenvalue weighted by Crippen LogP contribution is 2.30. The van der Waals surface area contributed by atoms with Crippen molar-refractivity contribution in [3.8, 4) is 0 Å². The van der Waals surface area contributed by atoms with Gasteiger partial charge in [-0.15, -0.1) is 0 Å². The van der Waals surface area contributed by atoms with Gasteiger partial charge in [-0.3, -0.25) is 4.99 Å². The molecule has 0 amide bonds. The number of aromatic nitrogens is 3. The van der Waals surface area contributed by atoms with Gasteiger partial charge >= 0.3 is 0 Å². The lowest BCUT2D eigenvalue weighted by atomic mass is 10.1. The molecular weight excluding hydrogens is 649 g/mol. The minimum absolute atomic E-state index is 0.793. The number of para-hydroxylation sites is 2. The van der Waals surface area contributed by atoms with Gasteiger partial charge in [0.25, 0.3) is 0 Å². The average Bonchev–Trinajstić information content (AvgIpc) is 3.61. The molecule has 0 aliphatic heterocycles. The maximum Gasteiger partial charge on any atom is 0.169 e. The van der Waals surface area contributed by atoms with Gasteiger partial charge in [0.1, 0.15) is 0 Å². The summed E-state index contributed by atoms with van der Waals surface area (Å²) in [7, 11) is 8.05. The average molecular weight is 690 g/mol. The molecule has 6 heteroatoms. The number of hydrogen-bond acceptors (Lipinski definition) is 3. The largest absolute Gasteiger partial charge is 0.344 e. The predicted octanol–water partition coefficient (Wildman–Crippen LogP) is 10.7. The lowest BCUT2D eigenvalue weighted by molar-refractivity contribution is -0.692. The molecule has 3 aromatic heterocycles. The van der Waals surface area contributed by atoms with E-state index in [1.54, 1.807) is 0 Å². The van der Waals surface area contributed by atoms with Crippen molar-refractivity contribution in [1.29, 1.82) is 0 Å². The zero-order valence-corrected chi connectivity index (χ0v) is 30.2. The van der Waals surface area contributed by atoms with Gasteiger partial charge in [-0.05, 0) is 64.7 Å². The van der Waals surface area contributed by atoms with Crippen LogP contribution in [0.3, 0.4) is 0 Å². The summed E-state index contributed by atoms with van der Waals surface area (Å²) in [6.45, 7) is 5.76. The highest BCUT2D eigenvalue weighted by atomic mass is 33.1. The second-order valence-electron chi connectivity index (χ2n) is 12.3. The number of fused-ring (bicyclic) bond motifs is 6. The van der Waals surface area contributed by atoms with Crippen LogP contribution >= 0.6 is 21.6 Å². The lowest BCUT2D eigenvalue weighted by Crippen LogP contribution is -2.33. The summed E-state index contributed by atoms with van der Waals surface area (Å²) in [5.74, 6) is 2.04. The van der Waals surface area contributed by atoms with E-state index < -0.39 is 0 Å². The first kappa shape index (κ1) is 33.5. The van der Waals surface area contributed by atoms with Gasteiger partial charge in [0.05, 0.1) is 5.75 Å². The van der Waals surface area contributed by atoms with Crippen molar-refractivity contribution in [2.24, 2.45) is 19.1 Å². The Hall–Kier alpha value is -5.04. The monoisotopic (exact) mass is 689 g/mol. The van der Waals surface area contributed by atoms with Gasteiger partial charge < -0.3 is 9.13 Å². The topological polar surface area (TPSA) is 26.1 Å². The molecule has 0 N–H and O–H groups in total. The Morgan fingerprint density at radius 2 is 1.22 bits per heavy atom. The van der Waals surface area contributed by atoms with Crippen LogP contribution < -0.4 is 4.57 Å². The summed E-state index contributed by atoms with van der Waals surface area (Å²) in [6, 6.07) is 34.9. The van der Waals surface area contributed by atoms with E-state index in [1.807, 2.05) is 40.0 Å². The third-order valence-corrected chi connectivity index (χ3v) is 11.5. The van der Waals surface area contributed by atoms with Crippen molar-refractivity contribution in [3.05, 3.63) is 157 Å². The number of allylic oxidation sites excluding steroid dienone is 4. The Bertz CT molecular complexity index is 2420. The van der Waals surface area contributed by atoms with Gasteiger partial charge in [0.2, 0.25) is 0 Å². The van der Waals surface area contributed by atoms with E-state index in [2.05, 4.69) is 173 Å². The first-order valence-electron chi connectivity index (χ1n) is 17.0. The van der Waals surface area contributed by atoms with Gasteiger partial charge in [0, 0.05) is 88.4 Å². The molecule has 7 aromatic rings. The van der Waals surface area contributed by atoms with E-state index in [0.717, 1.165) is 30.2 Å². The van der Waals surface area contributed by atoms with Crippen LogP contribution in [0.2, 0.25) is 0 Å². The SMILES string of the molecule is C=CC(/C=C/c1ccc2c(c1)c1ccccc1n2C)=C\C=NCCSSCC[n+]1ccc(/C=C/c2ccc3c(c2)c2ccccc2n3C)cc1. The van der Waals surface area contributed by atoms with Crippen molar-refractivity contribution >= 4 is 89.6 Å². The molecule has 0 bridgehead atoms. The van der Waals surface area contributed by atoms with Crippen LogP contribution in [0.5, 0.6) is 0 Å². The number of hydrogen-bond donors (Lipinski definition) is 0. The lowest BCUT2D eigenvalue weighted by Gasteiger charge is -2.00. The zero-order valence-electron chi connectivity index (χ0n) is 28.6. The van der Waals surface area contributed by atoms with E-state index in [4.69, 9.17) is 0 Å². The van der Waals surface area contributed by atoms with Gasteiger partial charge in [-0.2, -0.15) is 0 Å². The third-order valence-electron chi connectivity index (χ3n) is 9.16. The van der Waals surface area contributed by atoms with Crippen LogP contribution in [0.4, 0.5) is 0 Å².